The van der Waals surface area contributed by atoms with Crippen LogP contribution >= 0.6 is 11.3 Å². The maximum absolute atomic E-state index is 12.7. The molecule has 0 bridgehead atoms. The Hall–Kier alpha value is -2.45. The zero-order valence-corrected chi connectivity index (χ0v) is 15.5. The van der Waals surface area contributed by atoms with E-state index in [9.17, 15) is 14.9 Å². The van der Waals surface area contributed by atoms with E-state index in [1.165, 1.54) is 22.6 Å². The molecule has 0 fully saturated rings. The number of anilines is 1. The third kappa shape index (κ3) is 2.85. The van der Waals surface area contributed by atoms with E-state index in [0.717, 1.165) is 35.6 Å². The van der Waals surface area contributed by atoms with Crippen LogP contribution < -0.4 is 15.5 Å². The number of carbonyl (C=O) groups excluding carboxylic acids is 1. The summed E-state index contributed by atoms with van der Waals surface area (Å²) in [5.74, 6) is -0.0624. The molecule has 2 aliphatic rings. The second kappa shape index (κ2) is 6.37. The van der Waals surface area contributed by atoms with Crippen molar-refractivity contribution >= 4 is 27.9 Å². The highest BCUT2D eigenvalue weighted by molar-refractivity contribution is 7.16. The zero-order valence-electron chi connectivity index (χ0n) is 14.7. The molecule has 0 aliphatic carbocycles. The van der Waals surface area contributed by atoms with Crippen LogP contribution in [-0.2, 0) is 13.0 Å². The molecule has 3 N–H and O–H groups in total. The van der Waals surface area contributed by atoms with E-state index < -0.39 is 4.92 Å². The highest BCUT2D eigenvalue weighted by atomic mass is 32.1. The van der Waals surface area contributed by atoms with Gasteiger partial charge in [-0.3, -0.25) is 14.9 Å². The van der Waals surface area contributed by atoms with E-state index >= 15 is 0 Å². The minimum atomic E-state index is -0.426. The number of fused-ring (bicyclic) bond motifs is 3. The van der Waals surface area contributed by atoms with Gasteiger partial charge in [-0.1, -0.05) is 0 Å². The molecular weight excluding hydrogens is 352 g/mol. The smallest absolute Gasteiger partial charge is 0.269 e. The number of hydrogen-bond donors (Lipinski definition) is 3. The third-order valence-electron chi connectivity index (χ3n) is 5.21. The quantitative estimate of drug-likeness (QED) is 0.566. The second-order valence-electron chi connectivity index (χ2n) is 7.10. The van der Waals surface area contributed by atoms with Crippen molar-refractivity contribution in [3.8, 4) is 0 Å². The fourth-order valence-corrected chi connectivity index (χ4v) is 4.99. The Balaban J connectivity index is 1.61. The van der Waals surface area contributed by atoms with Crippen molar-refractivity contribution in [3.05, 3.63) is 55.9 Å². The highest BCUT2D eigenvalue weighted by Crippen LogP contribution is 2.39. The summed E-state index contributed by atoms with van der Waals surface area (Å²) in [5, 5.41) is 18.1. The predicted octanol–water partition coefficient (Wildman–Crippen LogP) is 1.86. The first-order chi connectivity index (χ1) is 12.4. The molecule has 2 aromatic rings. The Morgan fingerprint density at radius 1 is 1.27 bits per heavy atom. The number of non-ortho nitro benzene ring substituents is 1. The SMILES string of the molecule is CC(C)[NH+]1CCc2c(sc3c2C(=O)N[C@@H](c2ccc([N+](=O)[O-])cc2)N3)C1. The summed E-state index contributed by atoms with van der Waals surface area (Å²) in [6.07, 6.45) is 0.552. The first-order valence-electron chi connectivity index (χ1n) is 8.75. The van der Waals surface area contributed by atoms with Crippen LogP contribution in [0.3, 0.4) is 0 Å². The lowest BCUT2D eigenvalue weighted by Crippen LogP contribution is -3.14. The fourth-order valence-electron chi connectivity index (χ4n) is 3.66. The number of benzene rings is 1. The first-order valence-corrected chi connectivity index (χ1v) is 9.56. The molecule has 0 saturated carbocycles. The number of nitro groups is 1. The minimum absolute atomic E-state index is 0.0416. The van der Waals surface area contributed by atoms with Crippen LogP contribution in [0.25, 0.3) is 0 Å². The number of hydrogen-bond acceptors (Lipinski definition) is 5. The van der Waals surface area contributed by atoms with Crippen LogP contribution in [0.4, 0.5) is 10.7 Å². The largest absolute Gasteiger partial charge is 0.353 e. The monoisotopic (exact) mass is 373 g/mol. The molecule has 26 heavy (non-hydrogen) atoms. The lowest BCUT2D eigenvalue weighted by Gasteiger charge is -2.28. The summed E-state index contributed by atoms with van der Waals surface area (Å²) in [4.78, 5) is 26.0. The van der Waals surface area contributed by atoms with Gasteiger partial charge in [-0.05, 0) is 37.1 Å². The molecule has 2 atom stereocenters. The maximum atomic E-state index is 12.7. The minimum Gasteiger partial charge on any atom is -0.353 e. The van der Waals surface area contributed by atoms with Crippen molar-refractivity contribution in [1.29, 1.82) is 0 Å². The predicted molar refractivity (Wildman–Crippen MR) is 99.6 cm³/mol. The van der Waals surface area contributed by atoms with Crippen molar-refractivity contribution in [1.82, 2.24) is 5.32 Å². The third-order valence-corrected chi connectivity index (χ3v) is 6.37. The van der Waals surface area contributed by atoms with E-state index in [4.69, 9.17) is 0 Å². The van der Waals surface area contributed by atoms with Crippen molar-refractivity contribution in [3.63, 3.8) is 0 Å². The Labute approximate surface area is 155 Å². The Bertz CT molecular complexity index is 875. The molecule has 1 aromatic carbocycles. The van der Waals surface area contributed by atoms with Crippen molar-refractivity contribution in [2.45, 2.75) is 39.0 Å². The fraction of sp³-hybridized carbons (Fsp3) is 0.389. The topological polar surface area (TPSA) is 88.7 Å². The average molecular weight is 373 g/mol. The molecule has 0 saturated heterocycles. The van der Waals surface area contributed by atoms with Crippen LogP contribution in [0.15, 0.2) is 24.3 Å². The zero-order chi connectivity index (χ0) is 18.4. The van der Waals surface area contributed by atoms with Gasteiger partial charge in [0.2, 0.25) is 0 Å². The second-order valence-corrected chi connectivity index (χ2v) is 8.20. The van der Waals surface area contributed by atoms with Crippen molar-refractivity contribution in [2.75, 3.05) is 11.9 Å². The van der Waals surface area contributed by atoms with E-state index in [1.807, 2.05) is 0 Å². The molecule has 3 heterocycles. The lowest BCUT2D eigenvalue weighted by molar-refractivity contribution is -0.936. The number of quaternary nitrogens is 1. The number of nitro benzene ring substituents is 1. The summed E-state index contributed by atoms with van der Waals surface area (Å²) in [6.45, 7) is 6.46. The Kier molecular flexibility index (Phi) is 4.16. The van der Waals surface area contributed by atoms with Crippen LogP contribution in [0.1, 0.15) is 46.4 Å². The Morgan fingerprint density at radius 3 is 2.65 bits per heavy atom. The maximum Gasteiger partial charge on any atom is 0.269 e. The van der Waals surface area contributed by atoms with Gasteiger partial charge in [-0.25, -0.2) is 0 Å². The van der Waals surface area contributed by atoms with Crippen molar-refractivity contribution in [2.24, 2.45) is 0 Å². The van der Waals surface area contributed by atoms with Gasteiger partial charge >= 0.3 is 0 Å². The van der Waals surface area contributed by atoms with Crippen LogP contribution in [0.2, 0.25) is 0 Å². The number of carbonyl (C=O) groups is 1. The van der Waals surface area contributed by atoms with Crippen LogP contribution in [0, 0.1) is 10.1 Å². The molecule has 2 aliphatic heterocycles. The van der Waals surface area contributed by atoms with Gasteiger partial charge in [0.15, 0.2) is 0 Å². The van der Waals surface area contributed by atoms with Crippen molar-refractivity contribution < 1.29 is 14.6 Å². The standard InChI is InChI=1S/C18H20N4O3S/c1-10(2)21-8-7-13-14(9-21)26-18-15(13)17(23)19-16(20-18)11-3-5-12(6-4-11)22(24)25/h3-6,10,16,20H,7-9H2,1-2H3,(H,19,23)/p+1/t16-/m1/s1. The number of thiophene rings is 1. The summed E-state index contributed by atoms with van der Waals surface area (Å²) < 4.78 is 0. The molecule has 136 valence electrons. The number of amides is 1. The van der Waals surface area contributed by atoms with Gasteiger partial charge in [0.05, 0.1) is 28.0 Å². The molecule has 8 heteroatoms. The van der Waals surface area contributed by atoms with Gasteiger partial charge in [0, 0.05) is 18.6 Å². The summed E-state index contributed by atoms with van der Waals surface area (Å²) >= 11 is 1.67. The van der Waals surface area contributed by atoms with E-state index in [1.54, 1.807) is 28.4 Å². The summed E-state index contributed by atoms with van der Waals surface area (Å²) in [6, 6.07) is 6.85. The summed E-state index contributed by atoms with van der Waals surface area (Å²) in [5.41, 5.74) is 2.81. The highest BCUT2D eigenvalue weighted by Gasteiger charge is 2.35. The molecule has 7 nitrogen and oxygen atoms in total. The van der Waals surface area contributed by atoms with Gasteiger partial charge in [-0.2, -0.15) is 0 Å². The Morgan fingerprint density at radius 2 is 2.00 bits per heavy atom. The molecule has 4 rings (SSSR count). The number of nitrogens with one attached hydrogen (secondary N) is 3. The average Bonchev–Trinajstić information content (AvgIpc) is 2.99. The molecular formula is C18H21N4O3S+. The van der Waals surface area contributed by atoms with Gasteiger partial charge in [0.1, 0.15) is 17.7 Å². The lowest BCUT2D eigenvalue weighted by atomic mass is 9.99. The normalized spacial score (nSPS) is 21.6. The van der Waals surface area contributed by atoms with E-state index in [0.29, 0.717) is 6.04 Å². The number of nitrogens with zero attached hydrogens (tertiary/aromatic N) is 1. The molecule has 1 aromatic heterocycles. The molecule has 1 amide bonds. The van der Waals surface area contributed by atoms with Gasteiger partial charge in [-0.15, -0.1) is 11.3 Å². The first kappa shape index (κ1) is 17.0. The van der Waals surface area contributed by atoms with Gasteiger partial charge in [0.25, 0.3) is 11.6 Å². The van der Waals surface area contributed by atoms with E-state index in [-0.39, 0.29) is 17.8 Å². The summed E-state index contributed by atoms with van der Waals surface area (Å²) in [7, 11) is 0. The number of rotatable bonds is 3. The molecule has 0 radical (unpaired) electrons. The van der Waals surface area contributed by atoms with E-state index in [2.05, 4.69) is 24.5 Å². The molecule has 1 unspecified atom stereocenters. The van der Waals surface area contributed by atoms with Crippen LogP contribution in [0.5, 0.6) is 0 Å². The van der Waals surface area contributed by atoms with Gasteiger partial charge < -0.3 is 15.5 Å². The van der Waals surface area contributed by atoms with Crippen LogP contribution in [-0.4, -0.2) is 23.4 Å². The molecule has 0 spiro atoms.